The van der Waals surface area contributed by atoms with Crippen molar-refractivity contribution in [1.29, 1.82) is 0 Å². The molecule has 0 rings (SSSR count). The van der Waals surface area contributed by atoms with E-state index in [0.717, 1.165) is 11.8 Å². The molecule has 0 aromatic carbocycles. The maximum Gasteiger partial charge on any atom is 1.00 e. The molecule has 0 bridgehead atoms. The molecule has 0 saturated heterocycles. The summed E-state index contributed by atoms with van der Waals surface area (Å²) in [6, 6.07) is -0.671. The Balaban J connectivity index is 0. The first-order chi connectivity index (χ1) is 7.47. The van der Waals surface area contributed by atoms with Crippen molar-refractivity contribution < 1.29 is 36.8 Å². The van der Waals surface area contributed by atoms with Gasteiger partial charge in [0.05, 0.1) is 6.04 Å². The zero-order valence-corrected chi connectivity index (χ0v) is 12.7. The van der Waals surface area contributed by atoms with E-state index in [4.69, 9.17) is 12.6 Å². The van der Waals surface area contributed by atoms with Gasteiger partial charge in [-0.15, -0.1) is 5.75 Å². The minimum Gasteiger partial charge on any atom is -0.790 e. The van der Waals surface area contributed by atoms with Gasteiger partial charge in [-0.3, -0.25) is 14.4 Å². The molecule has 5 nitrogen and oxygen atoms in total. The molecular weight excluding hydrogens is 356 g/mol. The summed E-state index contributed by atoms with van der Waals surface area (Å²) in [6.45, 7) is 3.18. The number of carbonyl (C=O) groups is 3. The summed E-state index contributed by atoms with van der Waals surface area (Å²) in [6.07, 6.45) is 0. The van der Waals surface area contributed by atoms with Gasteiger partial charge in [-0.1, -0.05) is 11.8 Å². The first-order valence-electron chi connectivity index (χ1n) is 4.73. The Kier molecular flexibility index (Phi) is 12.7. The van der Waals surface area contributed by atoms with Crippen molar-refractivity contribution in [3.05, 3.63) is 0 Å². The molecule has 0 aliphatic carbocycles. The van der Waals surface area contributed by atoms with Gasteiger partial charge in [0.1, 0.15) is 0 Å². The predicted octanol–water partition coefficient (Wildman–Crippen LogP) is -0.569. The first kappa shape index (κ1) is 19.4. The van der Waals surface area contributed by atoms with Crippen LogP contribution in [0, 0.1) is 0 Å². The van der Waals surface area contributed by atoms with Crippen LogP contribution in [-0.2, 0) is 49.4 Å². The van der Waals surface area contributed by atoms with Crippen molar-refractivity contribution in [3.63, 3.8) is 0 Å². The van der Waals surface area contributed by atoms with Crippen molar-refractivity contribution >= 4 is 41.3 Å². The number of carbonyl (C=O) groups excluding carboxylic acids is 3. The van der Waals surface area contributed by atoms with Crippen molar-refractivity contribution in [1.82, 2.24) is 10.6 Å². The summed E-state index contributed by atoms with van der Waals surface area (Å²) in [4.78, 5) is 32.8. The average molecular weight is 371 g/mol. The SMILES string of the molecule is CC(=O)NC(C[S-])C(=O)NCCSC(C)=O.[Ag+]. The summed E-state index contributed by atoms with van der Waals surface area (Å²) >= 11 is 5.89. The van der Waals surface area contributed by atoms with Crippen molar-refractivity contribution in [3.8, 4) is 0 Å². The summed E-state index contributed by atoms with van der Waals surface area (Å²) in [5, 5.41) is 5.06. The Labute approximate surface area is 126 Å². The molecule has 17 heavy (non-hydrogen) atoms. The Bertz CT molecular complexity index is 277. The van der Waals surface area contributed by atoms with Gasteiger partial charge >= 0.3 is 22.4 Å². The summed E-state index contributed by atoms with van der Waals surface area (Å²) < 4.78 is 0. The van der Waals surface area contributed by atoms with Crippen LogP contribution in [0.15, 0.2) is 0 Å². The zero-order chi connectivity index (χ0) is 12.6. The van der Waals surface area contributed by atoms with E-state index in [0.29, 0.717) is 12.3 Å². The minimum atomic E-state index is -0.671. The maximum absolute atomic E-state index is 11.5. The van der Waals surface area contributed by atoms with Crippen molar-refractivity contribution in [2.75, 3.05) is 18.1 Å². The van der Waals surface area contributed by atoms with Crippen LogP contribution < -0.4 is 10.6 Å². The van der Waals surface area contributed by atoms with Gasteiger partial charge in [0.15, 0.2) is 5.12 Å². The average Bonchev–Trinajstić information content (AvgIpc) is 2.20. The largest absolute Gasteiger partial charge is 1.00 e. The minimum absolute atomic E-state index is 0. The van der Waals surface area contributed by atoms with Gasteiger partial charge in [-0.05, 0) is 0 Å². The van der Waals surface area contributed by atoms with E-state index in [1.54, 1.807) is 0 Å². The van der Waals surface area contributed by atoms with Crippen LogP contribution in [0.3, 0.4) is 0 Å². The van der Waals surface area contributed by atoms with Gasteiger partial charge in [0, 0.05) is 26.1 Å². The fourth-order valence-corrected chi connectivity index (χ4v) is 1.65. The van der Waals surface area contributed by atoms with Gasteiger partial charge in [0.2, 0.25) is 11.8 Å². The zero-order valence-electron chi connectivity index (χ0n) is 9.54. The second-order valence-electron chi connectivity index (χ2n) is 3.05. The Morgan fingerprint density at radius 1 is 1.29 bits per heavy atom. The molecule has 0 aliphatic rings. The molecule has 102 valence electrons. The number of thioether (sulfide) groups is 1. The fourth-order valence-electron chi connectivity index (χ4n) is 0.920. The van der Waals surface area contributed by atoms with Crippen molar-refractivity contribution in [2.24, 2.45) is 0 Å². The molecule has 0 aromatic rings. The molecular formula is C9H15AgN2O3S2. The number of hydrogen-bond donors (Lipinski definition) is 2. The Morgan fingerprint density at radius 3 is 2.29 bits per heavy atom. The monoisotopic (exact) mass is 370 g/mol. The number of nitrogens with one attached hydrogen (secondary N) is 2. The number of hydrogen-bond acceptors (Lipinski definition) is 5. The molecule has 0 fully saturated rings. The summed E-state index contributed by atoms with van der Waals surface area (Å²) in [5.74, 6) is 0.0498. The third-order valence-corrected chi connectivity index (χ3v) is 2.72. The van der Waals surface area contributed by atoms with Crippen LogP contribution in [0.1, 0.15) is 13.8 Å². The van der Waals surface area contributed by atoms with Gasteiger partial charge < -0.3 is 23.3 Å². The van der Waals surface area contributed by atoms with Gasteiger partial charge in [-0.2, -0.15) is 0 Å². The van der Waals surface area contributed by atoms with Crippen molar-refractivity contribution in [2.45, 2.75) is 19.9 Å². The Morgan fingerprint density at radius 2 is 1.88 bits per heavy atom. The van der Waals surface area contributed by atoms with Gasteiger partial charge in [0.25, 0.3) is 0 Å². The van der Waals surface area contributed by atoms with Crippen LogP contribution in [0.5, 0.6) is 0 Å². The third-order valence-electron chi connectivity index (χ3n) is 1.57. The second-order valence-corrected chi connectivity index (χ2v) is 4.66. The third kappa shape index (κ3) is 10.9. The molecule has 8 heteroatoms. The molecule has 0 aromatic heterocycles. The van der Waals surface area contributed by atoms with Crippen LogP contribution in [0.4, 0.5) is 0 Å². The molecule has 2 N–H and O–H groups in total. The van der Waals surface area contributed by atoms with E-state index >= 15 is 0 Å². The van der Waals surface area contributed by atoms with Crippen LogP contribution in [0.25, 0.3) is 0 Å². The summed E-state index contributed by atoms with van der Waals surface area (Å²) in [5.41, 5.74) is 0. The smallest absolute Gasteiger partial charge is 0.790 e. The van der Waals surface area contributed by atoms with E-state index in [1.165, 1.54) is 13.8 Å². The Hall–Kier alpha value is 0.0503. The van der Waals surface area contributed by atoms with Crippen LogP contribution in [0.2, 0.25) is 0 Å². The van der Waals surface area contributed by atoms with Gasteiger partial charge in [-0.25, -0.2) is 0 Å². The number of rotatable bonds is 6. The molecule has 0 spiro atoms. The predicted molar refractivity (Wildman–Crippen MR) is 66.0 cm³/mol. The molecule has 0 aliphatic heterocycles. The summed E-state index contributed by atoms with van der Waals surface area (Å²) in [7, 11) is 0. The first-order valence-corrected chi connectivity index (χ1v) is 6.30. The molecule has 2 amide bonds. The second kappa shape index (κ2) is 11.2. The maximum atomic E-state index is 11.5. The molecule has 0 heterocycles. The molecule has 1 atom stereocenters. The van der Waals surface area contributed by atoms with E-state index < -0.39 is 6.04 Å². The van der Waals surface area contributed by atoms with E-state index in [1.807, 2.05) is 0 Å². The van der Waals surface area contributed by atoms with E-state index in [-0.39, 0.29) is 45.1 Å². The normalized spacial score (nSPS) is 11.0. The number of amides is 2. The molecule has 0 saturated carbocycles. The molecule has 1 unspecified atom stereocenters. The quantitative estimate of drug-likeness (QED) is 0.372. The fraction of sp³-hybridized carbons (Fsp3) is 0.667. The van der Waals surface area contributed by atoms with E-state index in [9.17, 15) is 14.4 Å². The van der Waals surface area contributed by atoms with Crippen LogP contribution in [-0.4, -0.2) is 41.0 Å². The standard InChI is InChI=1S/C9H16N2O3S2.Ag/c1-6(12)11-8(5-15)9(14)10-3-4-16-7(2)13;/h8,15H,3-5H2,1-2H3,(H,10,14)(H,11,12);/q;+1/p-1. The topological polar surface area (TPSA) is 75.3 Å². The molecule has 0 radical (unpaired) electrons. The van der Waals surface area contributed by atoms with Crippen LogP contribution >= 0.6 is 11.8 Å². The van der Waals surface area contributed by atoms with E-state index in [2.05, 4.69) is 10.6 Å².